The zero-order chi connectivity index (χ0) is 13.1. The molecule has 0 aliphatic carbocycles. The Morgan fingerprint density at radius 1 is 1.22 bits per heavy atom. The Morgan fingerprint density at radius 2 is 1.89 bits per heavy atom. The Balaban J connectivity index is 2.18. The number of nitrogens with zero attached hydrogens (tertiary/aromatic N) is 1. The Morgan fingerprint density at radius 3 is 2.50 bits per heavy atom. The minimum absolute atomic E-state index is 0.181. The van der Waals surface area contributed by atoms with Crippen molar-refractivity contribution < 1.29 is 0 Å². The van der Waals surface area contributed by atoms with E-state index in [4.69, 9.17) is 5.73 Å². The van der Waals surface area contributed by atoms with E-state index in [2.05, 4.69) is 20.9 Å². The molecule has 2 rings (SSSR count). The van der Waals surface area contributed by atoms with Crippen LogP contribution in [0, 0.1) is 0 Å². The van der Waals surface area contributed by atoms with Crippen molar-refractivity contribution in [3.63, 3.8) is 0 Å². The van der Waals surface area contributed by atoms with Crippen LogP contribution < -0.4 is 17.0 Å². The highest BCUT2D eigenvalue weighted by atomic mass is 79.9. The molecule has 1 aromatic heterocycles. The van der Waals surface area contributed by atoms with Crippen molar-refractivity contribution in [1.82, 2.24) is 9.55 Å². The number of rotatable bonds is 3. The van der Waals surface area contributed by atoms with Crippen LogP contribution in [0.25, 0.3) is 0 Å². The third-order valence-electron chi connectivity index (χ3n) is 2.60. The third-order valence-corrected chi connectivity index (χ3v) is 3.13. The molecule has 18 heavy (non-hydrogen) atoms. The van der Waals surface area contributed by atoms with Gasteiger partial charge < -0.3 is 5.73 Å². The molecule has 0 bridgehead atoms. The quantitative estimate of drug-likeness (QED) is 0.891. The molecule has 2 aromatic rings. The van der Waals surface area contributed by atoms with Crippen LogP contribution in [0.3, 0.4) is 0 Å². The number of H-pyrrole nitrogens is 1. The molecular weight excluding hydrogens is 298 g/mol. The SMILES string of the molecule is Nc1cc(=O)[nH]c(=O)n1CCc1ccc(Br)cc1. The third kappa shape index (κ3) is 2.89. The number of aromatic nitrogens is 2. The second-order valence-electron chi connectivity index (χ2n) is 3.89. The maximum atomic E-state index is 11.6. The molecule has 1 aromatic carbocycles. The highest BCUT2D eigenvalue weighted by Crippen LogP contribution is 2.11. The first kappa shape index (κ1) is 12.6. The normalized spacial score (nSPS) is 10.5. The number of aryl methyl sites for hydroxylation is 1. The fourth-order valence-electron chi connectivity index (χ4n) is 1.66. The number of aromatic amines is 1. The predicted octanol–water partition coefficient (Wildman–Crippen LogP) is 1.12. The van der Waals surface area contributed by atoms with Crippen molar-refractivity contribution in [3.05, 3.63) is 61.2 Å². The summed E-state index contributed by atoms with van der Waals surface area (Å²) in [6.07, 6.45) is 0.670. The first-order valence-corrected chi connectivity index (χ1v) is 6.19. The van der Waals surface area contributed by atoms with Crippen LogP contribution in [-0.2, 0) is 13.0 Å². The Kier molecular flexibility index (Phi) is 3.66. The van der Waals surface area contributed by atoms with Crippen molar-refractivity contribution in [1.29, 1.82) is 0 Å². The molecule has 0 unspecified atom stereocenters. The number of anilines is 1. The van der Waals surface area contributed by atoms with Gasteiger partial charge in [-0.1, -0.05) is 28.1 Å². The lowest BCUT2D eigenvalue weighted by molar-refractivity contribution is 0.655. The van der Waals surface area contributed by atoms with E-state index in [0.717, 1.165) is 10.0 Å². The Hall–Kier alpha value is -1.82. The number of benzene rings is 1. The van der Waals surface area contributed by atoms with Crippen molar-refractivity contribution >= 4 is 21.7 Å². The van der Waals surface area contributed by atoms with Crippen molar-refractivity contribution in [2.75, 3.05) is 5.73 Å². The summed E-state index contributed by atoms with van der Waals surface area (Å²) in [5.74, 6) is 0.181. The molecular formula is C12H12BrN3O2. The molecule has 0 aliphatic heterocycles. The first-order valence-electron chi connectivity index (χ1n) is 5.40. The van der Waals surface area contributed by atoms with Gasteiger partial charge in [-0.15, -0.1) is 0 Å². The average molecular weight is 310 g/mol. The van der Waals surface area contributed by atoms with Gasteiger partial charge in [0.25, 0.3) is 5.56 Å². The lowest BCUT2D eigenvalue weighted by atomic mass is 10.1. The summed E-state index contributed by atoms with van der Waals surface area (Å²) in [4.78, 5) is 24.8. The summed E-state index contributed by atoms with van der Waals surface area (Å²) in [6.45, 7) is 0.434. The van der Waals surface area contributed by atoms with Crippen LogP contribution in [0.5, 0.6) is 0 Å². The van der Waals surface area contributed by atoms with E-state index in [1.54, 1.807) is 0 Å². The van der Waals surface area contributed by atoms with E-state index < -0.39 is 11.2 Å². The molecule has 0 fully saturated rings. The first-order chi connectivity index (χ1) is 8.56. The molecule has 6 heteroatoms. The number of nitrogens with two attached hydrogens (primary N) is 1. The standard InChI is InChI=1S/C12H12BrN3O2/c13-9-3-1-8(2-4-9)5-6-16-10(14)7-11(17)15-12(16)18/h1-4,7H,5-6,14H2,(H,15,17,18). The van der Waals surface area contributed by atoms with Gasteiger partial charge >= 0.3 is 5.69 Å². The van der Waals surface area contributed by atoms with Crippen LogP contribution in [-0.4, -0.2) is 9.55 Å². The highest BCUT2D eigenvalue weighted by molar-refractivity contribution is 9.10. The van der Waals surface area contributed by atoms with Gasteiger partial charge in [-0.2, -0.15) is 0 Å². The molecule has 3 N–H and O–H groups in total. The smallest absolute Gasteiger partial charge is 0.329 e. The topological polar surface area (TPSA) is 80.9 Å². The summed E-state index contributed by atoms with van der Waals surface area (Å²) >= 11 is 3.36. The van der Waals surface area contributed by atoms with Crippen molar-refractivity contribution in [2.45, 2.75) is 13.0 Å². The molecule has 0 atom stereocenters. The number of hydrogen-bond donors (Lipinski definition) is 2. The van der Waals surface area contributed by atoms with E-state index in [1.807, 2.05) is 24.3 Å². The fourth-order valence-corrected chi connectivity index (χ4v) is 1.93. The van der Waals surface area contributed by atoms with Gasteiger partial charge in [0.2, 0.25) is 0 Å². The summed E-state index contributed by atoms with van der Waals surface area (Å²) in [7, 11) is 0. The van der Waals surface area contributed by atoms with Crippen LogP contribution in [0.15, 0.2) is 44.4 Å². The molecule has 5 nitrogen and oxygen atoms in total. The average Bonchev–Trinajstić information content (AvgIpc) is 2.30. The van der Waals surface area contributed by atoms with E-state index in [1.165, 1.54) is 10.6 Å². The van der Waals surface area contributed by atoms with Gasteiger partial charge in [-0.25, -0.2) is 4.79 Å². The molecule has 94 valence electrons. The van der Waals surface area contributed by atoms with Gasteiger partial charge in [0, 0.05) is 17.1 Å². The Labute approximate surface area is 111 Å². The second kappa shape index (κ2) is 5.22. The largest absolute Gasteiger partial charge is 0.385 e. The van der Waals surface area contributed by atoms with E-state index in [9.17, 15) is 9.59 Å². The molecule has 0 amide bonds. The summed E-state index contributed by atoms with van der Waals surface area (Å²) in [5.41, 5.74) is 5.79. The van der Waals surface area contributed by atoms with Gasteiger partial charge in [-0.3, -0.25) is 14.3 Å². The minimum atomic E-state index is -0.475. The van der Waals surface area contributed by atoms with Gasteiger partial charge in [0.05, 0.1) is 0 Å². The highest BCUT2D eigenvalue weighted by Gasteiger charge is 2.03. The number of nitrogens with one attached hydrogen (secondary N) is 1. The zero-order valence-corrected chi connectivity index (χ0v) is 11.1. The lowest BCUT2D eigenvalue weighted by Gasteiger charge is -2.08. The summed E-state index contributed by atoms with van der Waals surface area (Å²) in [5, 5.41) is 0. The molecule has 1 heterocycles. The number of nitrogen functional groups attached to an aromatic ring is 1. The van der Waals surface area contributed by atoms with E-state index in [-0.39, 0.29) is 5.82 Å². The van der Waals surface area contributed by atoms with E-state index >= 15 is 0 Å². The second-order valence-corrected chi connectivity index (χ2v) is 4.81. The van der Waals surface area contributed by atoms with Gasteiger partial charge in [-0.05, 0) is 24.1 Å². The molecule has 0 saturated heterocycles. The lowest BCUT2D eigenvalue weighted by Crippen LogP contribution is -2.31. The number of hydrogen-bond acceptors (Lipinski definition) is 3. The fraction of sp³-hybridized carbons (Fsp3) is 0.167. The van der Waals surface area contributed by atoms with Crippen LogP contribution in [0.2, 0.25) is 0 Å². The molecule has 0 radical (unpaired) electrons. The molecule has 0 saturated carbocycles. The zero-order valence-electron chi connectivity index (χ0n) is 9.52. The molecule has 0 spiro atoms. The maximum Gasteiger partial charge on any atom is 0.329 e. The van der Waals surface area contributed by atoms with Crippen molar-refractivity contribution in [3.8, 4) is 0 Å². The predicted molar refractivity (Wildman–Crippen MR) is 73.6 cm³/mol. The number of halogens is 1. The Bertz CT molecular complexity index is 658. The van der Waals surface area contributed by atoms with Crippen LogP contribution in [0.4, 0.5) is 5.82 Å². The van der Waals surface area contributed by atoms with Crippen LogP contribution in [0.1, 0.15) is 5.56 Å². The maximum absolute atomic E-state index is 11.6. The monoisotopic (exact) mass is 309 g/mol. The summed E-state index contributed by atoms with van der Waals surface area (Å²) < 4.78 is 2.36. The van der Waals surface area contributed by atoms with Crippen molar-refractivity contribution in [2.24, 2.45) is 0 Å². The van der Waals surface area contributed by atoms with Gasteiger partial charge in [0.15, 0.2) is 0 Å². The van der Waals surface area contributed by atoms with E-state index in [0.29, 0.717) is 13.0 Å². The van der Waals surface area contributed by atoms with Gasteiger partial charge in [0.1, 0.15) is 5.82 Å². The minimum Gasteiger partial charge on any atom is -0.385 e. The summed E-state index contributed by atoms with van der Waals surface area (Å²) in [6, 6.07) is 9.03. The van der Waals surface area contributed by atoms with Crippen LogP contribution >= 0.6 is 15.9 Å². The molecule has 0 aliphatic rings.